The van der Waals surface area contributed by atoms with Crippen molar-refractivity contribution in [3.05, 3.63) is 34.9 Å². The zero-order valence-corrected chi connectivity index (χ0v) is 15.8. The van der Waals surface area contributed by atoms with E-state index in [2.05, 4.69) is 34.2 Å². The maximum absolute atomic E-state index is 13.0. The Hall–Kier alpha value is -0.810. The number of rotatable bonds is 1. The number of piperazine rings is 1. The van der Waals surface area contributed by atoms with E-state index in [1.165, 1.54) is 36.9 Å². The summed E-state index contributed by atoms with van der Waals surface area (Å²) in [7, 11) is 0. The molecule has 1 N–H and O–H groups in total. The van der Waals surface area contributed by atoms with Gasteiger partial charge >= 0.3 is 0 Å². The van der Waals surface area contributed by atoms with Gasteiger partial charge in [-0.25, -0.2) is 0 Å². The van der Waals surface area contributed by atoms with Gasteiger partial charge in [0.1, 0.15) is 0 Å². The number of fused-ring (bicyclic) bond motifs is 2. The lowest BCUT2D eigenvalue weighted by Gasteiger charge is -2.47. The monoisotopic (exact) mass is 371 g/mol. The molecule has 24 heavy (non-hydrogen) atoms. The highest BCUT2D eigenvalue weighted by Crippen LogP contribution is 2.26. The first-order valence-electron chi connectivity index (χ1n) is 8.60. The predicted molar refractivity (Wildman–Crippen MR) is 101 cm³/mol. The number of halogens is 2. The lowest BCUT2D eigenvalue weighted by Crippen LogP contribution is -2.60. The van der Waals surface area contributed by atoms with Gasteiger partial charge in [-0.2, -0.15) is 0 Å². The zero-order valence-electron chi connectivity index (χ0n) is 14.2. The molecule has 134 valence electrons. The first-order chi connectivity index (χ1) is 10.7. The maximum Gasteiger partial charge on any atom is 0.254 e. The lowest BCUT2D eigenvalue weighted by molar-refractivity contribution is 0.0151. The fraction of sp³-hybridized carbons (Fsp3) is 0.611. The van der Waals surface area contributed by atoms with Gasteiger partial charge in [0.05, 0.1) is 0 Å². The van der Waals surface area contributed by atoms with Crippen LogP contribution in [-0.4, -0.2) is 47.4 Å². The van der Waals surface area contributed by atoms with Crippen molar-refractivity contribution in [2.75, 3.05) is 19.6 Å². The summed E-state index contributed by atoms with van der Waals surface area (Å²) in [5.74, 6) is 0.215. The van der Waals surface area contributed by atoms with E-state index < -0.39 is 0 Å². The van der Waals surface area contributed by atoms with Gasteiger partial charge in [-0.1, -0.05) is 12.5 Å². The number of nitrogens with one attached hydrogen (secondary N) is 1. The highest BCUT2D eigenvalue weighted by Gasteiger charge is 2.35. The van der Waals surface area contributed by atoms with Crippen molar-refractivity contribution in [2.45, 2.75) is 51.4 Å². The molecule has 0 aromatic heterocycles. The Morgan fingerprint density at radius 2 is 1.92 bits per heavy atom. The first kappa shape index (κ1) is 19.5. The minimum absolute atomic E-state index is 0. The highest BCUT2D eigenvalue weighted by atomic mass is 35.5. The van der Waals surface area contributed by atoms with Crippen molar-refractivity contribution in [2.24, 2.45) is 0 Å². The normalized spacial score (nSPS) is 26.0. The first-order valence-corrected chi connectivity index (χ1v) is 8.60. The molecule has 2 unspecified atom stereocenters. The molecule has 0 saturated carbocycles. The third kappa shape index (κ3) is 3.57. The largest absolute Gasteiger partial charge is 0.333 e. The Balaban J connectivity index is 0.00000104. The standard InChI is InChI=1S/C18H25N3O.2ClH/c1-13-11-20-7-3-2-4-17(20)12-21(13)18(22)14-5-6-15-9-19-10-16(15)8-14;;/h5-6,8,13,17,19H,2-4,7,9-12H2,1H3;2*1H. The second-order valence-electron chi connectivity index (χ2n) is 7.04. The molecule has 4 nitrogen and oxygen atoms in total. The van der Waals surface area contributed by atoms with E-state index in [1.807, 2.05) is 6.07 Å². The van der Waals surface area contributed by atoms with E-state index in [1.54, 1.807) is 0 Å². The molecular formula is C18H27Cl2N3O. The smallest absolute Gasteiger partial charge is 0.254 e. The van der Waals surface area contributed by atoms with Crippen molar-refractivity contribution in [1.29, 1.82) is 0 Å². The summed E-state index contributed by atoms with van der Waals surface area (Å²) in [5, 5.41) is 3.35. The fourth-order valence-electron chi connectivity index (χ4n) is 4.23. The third-order valence-corrected chi connectivity index (χ3v) is 5.53. The average Bonchev–Trinajstić information content (AvgIpc) is 3.01. The van der Waals surface area contributed by atoms with Crippen LogP contribution in [0.25, 0.3) is 0 Å². The topological polar surface area (TPSA) is 35.6 Å². The number of carbonyl (C=O) groups excluding carboxylic acids is 1. The number of carbonyl (C=O) groups is 1. The zero-order chi connectivity index (χ0) is 15.1. The molecule has 0 aliphatic carbocycles. The molecule has 0 radical (unpaired) electrons. The summed E-state index contributed by atoms with van der Waals surface area (Å²) in [6, 6.07) is 7.11. The summed E-state index contributed by atoms with van der Waals surface area (Å²) in [6.45, 7) is 7.15. The van der Waals surface area contributed by atoms with Gasteiger partial charge in [0.15, 0.2) is 0 Å². The van der Waals surface area contributed by atoms with Crippen LogP contribution >= 0.6 is 24.8 Å². The van der Waals surface area contributed by atoms with Crippen molar-refractivity contribution < 1.29 is 4.79 Å². The van der Waals surface area contributed by atoms with E-state index in [0.717, 1.165) is 31.7 Å². The highest BCUT2D eigenvalue weighted by molar-refractivity contribution is 5.95. The van der Waals surface area contributed by atoms with Crippen molar-refractivity contribution in [3.8, 4) is 0 Å². The van der Waals surface area contributed by atoms with E-state index in [0.29, 0.717) is 12.1 Å². The van der Waals surface area contributed by atoms with Crippen LogP contribution in [-0.2, 0) is 13.1 Å². The van der Waals surface area contributed by atoms with Crippen molar-refractivity contribution in [3.63, 3.8) is 0 Å². The van der Waals surface area contributed by atoms with Crippen LogP contribution in [0.3, 0.4) is 0 Å². The summed E-state index contributed by atoms with van der Waals surface area (Å²) in [6.07, 6.45) is 3.86. The molecule has 3 aliphatic rings. The molecule has 0 spiro atoms. The Labute approximate surface area is 156 Å². The molecule has 1 aromatic rings. The molecule has 0 bridgehead atoms. The van der Waals surface area contributed by atoms with Gasteiger partial charge in [-0.15, -0.1) is 24.8 Å². The number of hydrogen-bond donors (Lipinski definition) is 1. The number of benzene rings is 1. The van der Waals surface area contributed by atoms with E-state index in [9.17, 15) is 4.79 Å². The summed E-state index contributed by atoms with van der Waals surface area (Å²) < 4.78 is 0. The fourth-order valence-corrected chi connectivity index (χ4v) is 4.23. The average molecular weight is 372 g/mol. The van der Waals surface area contributed by atoms with Gasteiger partial charge < -0.3 is 10.2 Å². The number of nitrogens with zero attached hydrogens (tertiary/aromatic N) is 2. The van der Waals surface area contributed by atoms with Gasteiger partial charge in [0, 0.05) is 43.8 Å². The van der Waals surface area contributed by atoms with Crippen LogP contribution in [0.4, 0.5) is 0 Å². The van der Waals surface area contributed by atoms with Crippen molar-refractivity contribution in [1.82, 2.24) is 15.1 Å². The van der Waals surface area contributed by atoms with Gasteiger partial charge in [0.2, 0.25) is 0 Å². The SMILES string of the molecule is CC1CN2CCCCC2CN1C(=O)c1ccc2c(c1)CNC2.Cl.Cl. The summed E-state index contributed by atoms with van der Waals surface area (Å²) in [4.78, 5) is 17.7. The molecule has 1 amide bonds. The summed E-state index contributed by atoms with van der Waals surface area (Å²) >= 11 is 0. The molecule has 2 saturated heterocycles. The molecule has 3 heterocycles. The van der Waals surface area contributed by atoms with Crippen LogP contribution < -0.4 is 5.32 Å². The maximum atomic E-state index is 13.0. The summed E-state index contributed by atoms with van der Waals surface area (Å²) in [5.41, 5.74) is 3.48. The van der Waals surface area contributed by atoms with Gasteiger partial charge in [-0.05, 0) is 49.6 Å². The van der Waals surface area contributed by atoms with Crippen molar-refractivity contribution >= 4 is 30.7 Å². The molecule has 2 fully saturated rings. The van der Waals surface area contributed by atoms with Crippen LogP contribution in [0.5, 0.6) is 0 Å². The quantitative estimate of drug-likeness (QED) is 0.824. The van der Waals surface area contributed by atoms with Crippen LogP contribution in [0, 0.1) is 0 Å². The van der Waals surface area contributed by atoms with E-state index in [-0.39, 0.29) is 30.7 Å². The molecule has 2 atom stereocenters. The Morgan fingerprint density at radius 1 is 1.12 bits per heavy atom. The second kappa shape index (κ2) is 8.05. The Kier molecular flexibility index (Phi) is 6.54. The van der Waals surface area contributed by atoms with Gasteiger partial charge in [-0.3, -0.25) is 9.69 Å². The minimum Gasteiger partial charge on any atom is -0.333 e. The van der Waals surface area contributed by atoms with Gasteiger partial charge in [0.25, 0.3) is 5.91 Å². The number of piperidine rings is 1. The Bertz CT molecular complexity index is 596. The molecular weight excluding hydrogens is 345 g/mol. The molecule has 6 heteroatoms. The molecule has 3 aliphatic heterocycles. The second-order valence-corrected chi connectivity index (χ2v) is 7.04. The Morgan fingerprint density at radius 3 is 2.75 bits per heavy atom. The third-order valence-electron chi connectivity index (χ3n) is 5.53. The van der Waals surface area contributed by atoms with E-state index >= 15 is 0 Å². The molecule has 1 aromatic carbocycles. The van der Waals surface area contributed by atoms with E-state index in [4.69, 9.17) is 0 Å². The predicted octanol–water partition coefficient (Wildman–Crippen LogP) is 2.83. The minimum atomic E-state index is 0. The lowest BCUT2D eigenvalue weighted by atomic mass is 9.96. The van der Waals surface area contributed by atoms with Crippen LogP contribution in [0.2, 0.25) is 0 Å². The molecule has 4 rings (SSSR count). The van der Waals surface area contributed by atoms with Crippen LogP contribution in [0.15, 0.2) is 18.2 Å². The number of amides is 1. The number of hydrogen-bond acceptors (Lipinski definition) is 3. The van der Waals surface area contributed by atoms with Crippen LogP contribution in [0.1, 0.15) is 47.7 Å².